The van der Waals surface area contributed by atoms with Gasteiger partial charge in [0.05, 0.1) is 11.3 Å². The number of carbonyl (C=O) groups is 1. The van der Waals surface area contributed by atoms with E-state index in [1.165, 1.54) is 29.7 Å². The molecule has 0 fully saturated rings. The zero-order valence-corrected chi connectivity index (χ0v) is 15.1. The summed E-state index contributed by atoms with van der Waals surface area (Å²) in [5.74, 6) is 0.0208. The van der Waals surface area contributed by atoms with Crippen LogP contribution in [0.5, 0.6) is 0 Å². The van der Waals surface area contributed by atoms with E-state index in [0.29, 0.717) is 12.1 Å². The van der Waals surface area contributed by atoms with Crippen LogP contribution < -0.4 is 0 Å². The molecule has 0 atom stereocenters. The number of ketones is 1. The molecule has 4 nitrogen and oxygen atoms in total. The highest BCUT2D eigenvalue weighted by molar-refractivity contribution is 7.90. The lowest BCUT2D eigenvalue weighted by Crippen LogP contribution is -2.24. The molecule has 1 aliphatic heterocycles. The molecular weight excluding hydrogens is 334 g/mol. The predicted molar refractivity (Wildman–Crippen MR) is 98.3 cm³/mol. The first-order chi connectivity index (χ1) is 11.9. The van der Waals surface area contributed by atoms with Crippen LogP contribution in [0.25, 0.3) is 0 Å². The van der Waals surface area contributed by atoms with Gasteiger partial charge in [0.25, 0.3) is 0 Å². The van der Waals surface area contributed by atoms with Gasteiger partial charge in [-0.25, -0.2) is 13.0 Å². The van der Waals surface area contributed by atoms with Crippen molar-refractivity contribution in [3.8, 4) is 0 Å². The number of hydrogen-bond donors (Lipinski definition) is 0. The number of rotatable bonds is 6. The Morgan fingerprint density at radius 1 is 1.04 bits per heavy atom. The smallest absolute Gasteiger partial charge is 0.227 e. The Hall–Kier alpha value is -2.27. The van der Waals surface area contributed by atoms with Gasteiger partial charge in [-0.1, -0.05) is 30.3 Å². The average Bonchev–Trinajstić information content (AvgIpc) is 3.02. The standard InChI is InChI=1S/C20H22NO3S/c1-25(23,24)19-11-9-17(10-12-19)20(22)15-21-13-5-8-18(21)14-16-6-3-2-4-7-16/h2-4,6-7,9-12H,5,8,13-15H2,1H3/q+1. The van der Waals surface area contributed by atoms with Gasteiger partial charge in [-0.2, -0.15) is 0 Å². The van der Waals surface area contributed by atoms with Gasteiger partial charge in [0.2, 0.25) is 12.3 Å². The molecule has 5 heteroatoms. The Morgan fingerprint density at radius 3 is 2.36 bits per heavy atom. The minimum atomic E-state index is -3.24. The molecule has 1 heterocycles. The summed E-state index contributed by atoms with van der Waals surface area (Å²) < 4.78 is 25.2. The molecule has 0 spiro atoms. The number of sulfone groups is 1. The summed E-state index contributed by atoms with van der Waals surface area (Å²) in [7, 11) is -3.24. The number of hydrogen-bond acceptors (Lipinski definition) is 3. The molecule has 0 saturated carbocycles. The van der Waals surface area contributed by atoms with Crippen molar-refractivity contribution in [2.75, 3.05) is 19.3 Å². The third kappa shape index (κ3) is 4.42. The van der Waals surface area contributed by atoms with Crippen molar-refractivity contribution in [3.63, 3.8) is 0 Å². The molecule has 0 bridgehead atoms. The maximum Gasteiger partial charge on any atom is 0.227 e. The number of nitrogens with zero attached hydrogens (tertiary/aromatic N) is 1. The highest BCUT2D eigenvalue weighted by Crippen LogP contribution is 2.14. The second-order valence-corrected chi connectivity index (χ2v) is 8.49. The van der Waals surface area contributed by atoms with Crippen molar-refractivity contribution in [2.45, 2.75) is 24.2 Å². The Labute approximate surface area is 148 Å². The Bertz CT molecular complexity index is 898. The number of carbonyl (C=O) groups excluding carboxylic acids is 1. The van der Waals surface area contributed by atoms with Crippen LogP contribution in [0.3, 0.4) is 0 Å². The zero-order valence-electron chi connectivity index (χ0n) is 14.3. The molecule has 25 heavy (non-hydrogen) atoms. The van der Waals surface area contributed by atoms with Crippen molar-refractivity contribution in [1.29, 1.82) is 0 Å². The van der Waals surface area contributed by atoms with Crippen molar-refractivity contribution in [1.82, 2.24) is 0 Å². The van der Waals surface area contributed by atoms with Crippen LogP contribution in [0.2, 0.25) is 0 Å². The van der Waals surface area contributed by atoms with E-state index in [1.807, 2.05) is 18.2 Å². The monoisotopic (exact) mass is 356 g/mol. The van der Waals surface area contributed by atoms with Gasteiger partial charge < -0.3 is 0 Å². The molecule has 2 aromatic carbocycles. The van der Waals surface area contributed by atoms with Gasteiger partial charge in [-0.15, -0.1) is 0 Å². The molecule has 130 valence electrons. The molecule has 0 N–H and O–H groups in total. The third-order valence-corrected chi connectivity index (χ3v) is 5.66. The molecule has 1 aliphatic rings. The highest BCUT2D eigenvalue weighted by atomic mass is 32.2. The summed E-state index contributed by atoms with van der Waals surface area (Å²) in [5, 5.41) is 0. The molecule has 2 aromatic rings. The van der Waals surface area contributed by atoms with Crippen molar-refractivity contribution < 1.29 is 17.8 Å². The molecule has 0 unspecified atom stereocenters. The number of Topliss-reactive ketones (excluding diaryl/α,β-unsaturated/α-hetero) is 1. The SMILES string of the molecule is CS(=O)(=O)c1ccc(C(=O)C[N+]2=C(Cc3ccccc3)CCC2)cc1. The average molecular weight is 356 g/mol. The van der Waals surface area contributed by atoms with E-state index in [0.717, 1.165) is 25.8 Å². The molecule has 0 aromatic heterocycles. The minimum Gasteiger partial charge on any atom is -0.287 e. The maximum atomic E-state index is 12.6. The molecular formula is C20H22NO3S+. The summed E-state index contributed by atoms with van der Waals surface area (Å²) in [6.07, 6.45) is 4.14. The molecule has 3 rings (SSSR count). The Balaban J connectivity index is 1.74. The Morgan fingerprint density at radius 2 is 1.72 bits per heavy atom. The molecule has 0 amide bonds. The summed E-state index contributed by atoms with van der Waals surface area (Å²) in [4.78, 5) is 12.8. The van der Waals surface area contributed by atoms with Gasteiger partial charge in [-0.3, -0.25) is 4.79 Å². The van der Waals surface area contributed by atoms with E-state index in [2.05, 4.69) is 16.7 Å². The van der Waals surface area contributed by atoms with Crippen LogP contribution in [0.1, 0.15) is 28.8 Å². The summed E-state index contributed by atoms with van der Waals surface area (Å²) in [5.41, 5.74) is 3.11. The minimum absolute atomic E-state index is 0.0208. The second kappa shape index (κ2) is 7.31. The van der Waals surface area contributed by atoms with Gasteiger partial charge in [0.15, 0.2) is 15.5 Å². The summed E-state index contributed by atoms with van der Waals surface area (Å²) >= 11 is 0. The van der Waals surface area contributed by atoms with E-state index in [4.69, 9.17) is 0 Å². The molecule has 0 aliphatic carbocycles. The highest BCUT2D eigenvalue weighted by Gasteiger charge is 2.25. The van der Waals surface area contributed by atoms with Crippen molar-refractivity contribution in [3.05, 3.63) is 65.7 Å². The first kappa shape index (κ1) is 17.5. The van der Waals surface area contributed by atoms with Crippen LogP contribution in [-0.4, -0.2) is 43.8 Å². The predicted octanol–water partition coefficient (Wildman–Crippen LogP) is 2.76. The second-order valence-electron chi connectivity index (χ2n) is 6.47. The van der Waals surface area contributed by atoms with Gasteiger partial charge >= 0.3 is 0 Å². The summed E-state index contributed by atoms with van der Waals surface area (Å²) in [6.45, 7) is 1.25. The van der Waals surface area contributed by atoms with Gasteiger partial charge in [-0.05, 0) is 29.8 Å². The van der Waals surface area contributed by atoms with E-state index < -0.39 is 9.84 Å². The maximum absolute atomic E-state index is 12.6. The fourth-order valence-electron chi connectivity index (χ4n) is 3.17. The lowest BCUT2D eigenvalue weighted by atomic mass is 10.1. The van der Waals surface area contributed by atoms with Crippen LogP contribution in [0.4, 0.5) is 0 Å². The van der Waals surface area contributed by atoms with Crippen molar-refractivity contribution >= 4 is 21.3 Å². The zero-order chi connectivity index (χ0) is 17.9. The first-order valence-corrected chi connectivity index (χ1v) is 10.3. The summed E-state index contributed by atoms with van der Waals surface area (Å²) in [6, 6.07) is 16.5. The molecule has 0 radical (unpaired) electrons. The van der Waals surface area contributed by atoms with Crippen LogP contribution in [-0.2, 0) is 16.3 Å². The third-order valence-electron chi connectivity index (χ3n) is 4.53. The van der Waals surface area contributed by atoms with Gasteiger partial charge in [0, 0.05) is 24.7 Å². The lowest BCUT2D eigenvalue weighted by molar-refractivity contribution is -0.507. The Kier molecular flexibility index (Phi) is 5.13. The van der Waals surface area contributed by atoms with E-state index in [-0.39, 0.29) is 10.7 Å². The van der Waals surface area contributed by atoms with Gasteiger partial charge in [0.1, 0.15) is 6.54 Å². The van der Waals surface area contributed by atoms with Crippen LogP contribution in [0, 0.1) is 0 Å². The normalized spacial score (nSPS) is 14.8. The van der Waals surface area contributed by atoms with E-state index in [1.54, 1.807) is 12.1 Å². The quantitative estimate of drug-likeness (QED) is 0.591. The molecule has 0 saturated heterocycles. The first-order valence-electron chi connectivity index (χ1n) is 8.40. The number of benzene rings is 2. The largest absolute Gasteiger partial charge is 0.287 e. The van der Waals surface area contributed by atoms with Crippen molar-refractivity contribution in [2.24, 2.45) is 0 Å². The van der Waals surface area contributed by atoms with Crippen LogP contribution >= 0.6 is 0 Å². The van der Waals surface area contributed by atoms with Crippen LogP contribution in [0.15, 0.2) is 59.5 Å². The van der Waals surface area contributed by atoms with E-state index in [9.17, 15) is 13.2 Å². The topological polar surface area (TPSA) is 54.2 Å². The fraction of sp³-hybridized carbons (Fsp3) is 0.300. The van der Waals surface area contributed by atoms with E-state index >= 15 is 0 Å². The lowest BCUT2D eigenvalue weighted by Gasteiger charge is -2.04. The fourth-order valence-corrected chi connectivity index (χ4v) is 3.80.